The average Bonchev–Trinajstić information content (AvgIpc) is 3.07. The Bertz CT molecular complexity index is 718. The molecule has 1 aromatic carbocycles. The van der Waals surface area contributed by atoms with Crippen molar-refractivity contribution in [2.45, 2.75) is 33.2 Å². The molecule has 0 fully saturated rings. The largest absolute Gasteiger partial charge is 0.348 e. The summed E-state index contributed by atoms with van der Waals surface area (Å²) in [5, 5.41) is 7.56. The molecule has 0 aliphatic carbocycles. The Morgan fingerprint density at radius 1 is 1.21 bits per heavy atom. The Labute approximate surface area is 146 Å². The molecule has 0 spiro atoms. The van der Waals surface area contributed by atoms with Crippen molar-refractivity contribution in [3.8, 4) is 0 Å². The summed E-state index contributed by atoms with van der Waals surface area (Å²) in [6.07, 6.45) is 2.53. The van der Waals surface area contributed by atoms with E-state index < -0.39 is 0 Å². The average molecular weight is 342 g/mol. The molecule has 1 heterocycles. The van der Waals surface area contributed by atoms with E-state index >= 15 is 0 Å². The Hall–Kier alpha value is -2.40. The maximum Gasteiger partial charge on any atom is 0.268 e. The fourth-order valence-corrected chi connectivity index (χ4v) is 2.63. The van der Waals surface area contributed by atoms with Gasteiger partial charge in [0.1, 0.15) is 5.70 Å². The summed E-state index contributed by atoms with van der Waals surface area (Å²) in [5.74, 6) is -0.574. The van der Waals surface area contributed by atoms with Crippen molar-refractivity contribution >= 4 is 29.2 Å². The van der Waals surface area contributed by atoms with Gasteiger partial charge in [0.2, 0.25) is 0 Å². The van der Waals surface area contributed by atoms with Crippen LogP contribution in [0.4, 0.5) is 0 Å². The van der Waals surface area contributed by atoms with Crippen molar-refractivity contribution in [3.63, 3.8) is 0 Å². The molecule has 0 bridgehead atoms. The fraction of sp³-hybridized carbons (Fsp3) is 0.263. The number of carbonyl (C=O) groups excluding carboxylic acids is 2. The topological polar surface area (TPSA) is 58.2 Å². The molecule has 0 aliphatic heterocycles. The molecule has 0 radical (unpaired) electrons. The molecule has 0 aliphatic rings. The van der Waals surface area contributed by atoms with Crippen LogP contribution in [0, 0.1) is 6.92 Å². The molecule has 2 N–H and O–H groups in total. The van der Waals surface area contributed by atoms with Gasteiger partial charge in [0.15, 0.2) is 0 Å². The predicted molar refractivity (Wildman–Crippen MR) is 98.8 cm³/mol. The number of hydrogen-bond donors (Lipinski definition) is 2. The Balaban J connectivity index is 2.20. The highest BCUT2D eigenvalue weighted by Crippen LogP contribution is 2.13. The molecule has 2 amide bonds. The minimum absolute atomic E-state index is 0.0421. The van der Waals surface area contributed by atoms with Gasteiger partial charge in [-0.1, -0.05) is 30.7 Å². The number of benzene rings is 1. The normalized spacial score (nSPS) is 12.5. The van der Waals surface area contributed by atoms with Crippen LogP contribution in [-0.2, 0) is 4.79 Å². The van der Waals surface area contributed by atoms with Crippen molar-refractivity contribution in [3.05, 3.63) is 63.5 Å². The van der Waals surface area contributed by atoms with Gasteiger partial charge in [0, 0.05) is 16.5 Å². The third-order valence-corrected chi connectivity index (χ3v) is 4.45. The molecular formula is C19H22N2O2S. The van der Waals surface area contributed by atoms with Crippen LogP contribution >= 0.6 is 11.3 Å². The van der Waals surface area contributed by atoms with Gasteiger partial charge in [-0.15, -0.1) is 11.3 Å². The molecule has 1 unspecified atom stereocenters. The second-order valence-corrected chi connectivity index (χ2v) is 6.66. The zero-order valence-electron chi connectivity index (χ0n) is 14.1. The highest BCUT2D eigenvalue weighted by atomic mass is 32.1. The Morgan fingerprint density at radius 2 is 1.92 bits per heavy atom. The monoisotopic (exact) mass is 342 g/mol. The molecule has 2 aromatic rings. The second-order valence-electron chi connectivity index (χ2n) is 5.68. The molecule has 4 nitrogen and oxygen atoms in total. The summed E-state index contributed by atoms with van der Waals surface area (Å²) in [6, 6.07) is 11.1. The molecular weight excluding hydrogens is 320 g/mol. The van der Waals surface area contributed by atoms with E-state index in [0.717, 1.165) is 16.9 Å². The maximum absolute atomic E-state index is 12.5. The summed E-state index contributed by atoms with van der Waals surface area (Å²) < 4.78 is 0. The van der Waals surface area contributed by atoms with Crippen LogP contribution in [0.5, 0.6) is 0 Å². The van der Waals surface area contributed by atoms with Crippen molar-refractivity contribution in [2.75, 3.05) is 0 Å². The van der Waals surface area contributed by atoms with E-state index in [9.17, 15) is 9.59 Å². The number of nitrogens with one attached hydrogen (secondary N) is 2. The number of amides is 2. The molecule has 1 aromatic heterocycles. The lowest BCUT2D eigenvalue weighted by molar-refractivity contribution is -0.118. The van der Waals surface area contributed by atoms with Crippen molar-refractivity contribution < 1.29 is 9.59 Å². The Kier molecular flexibility index (Phi) is 6.32. The van der Waals surface area contributed by atoms with Crippen molar-refractivity contribution in [2.24, 2.45) is 0 Å². The standard InChI is InChI=1S/C19H22N2O2S/c1-4-14(3)20-19(23)17(12-16-6-5-11-24-16)21-18(22)15-9-7-13(2)8-10-15/h5-12,14H,4H2,1-3H3,(H,20,23)(H,21,22)/b17-12-. The van der Waals surface area contributed by atoms with Crippen molar-refractivity contribution in [1.29, 1.82) is 0 Å². The third kappa shape index (κ3) is 5.06. The smallest absolute Gasteiger partial charge is 0.268 e. The van der Waals surface area contributed by atoms with E-state index in [1.807, 2.05) is 50.4 Å². The zero-order valence-corrected chi connectivity index (χ0v) is 14.9. The molecule has 0 saturated carbocycles. The molecule has 126 valence electrons. The minimum Gasteiger partial charge on any atom is -0.348 e. The van der Waals surface area contributed by atoms with E-state index in [1.54, 1.807) is 18.2 Å². The predicted octanol–water partition coefficient (Wildman–Crippen LogP) is 3.74. The van der Waals surface area contributed by atoms with E-state index in [0.29, 0.717) is 5.56 Å². The Morgan fingerprint density at radius 3 is 2.50 bits per heavy atom. The quantitative estimate of drug-likeness (QED) is 0.786. The van der Waals surface area contributed by atoms with Crippen LogP contribution < -0.4 is 10.6 Å². The van der Waals surface area contributed by atoms with Gasteiger partial charge >= 0.3 is 0 Å². The number of thiophene rings is 1. The van der Waals surface area contributed by atoms with E-state index in [2.05, 4.69) is 10.6 Å². The van der Waals surface area contributed by atoms with Crippen LogP contribution in [0.3, 0.4) is 0 Å². The SMILES string of the molecule is CCC(C)NC(=O)/C(=C/c1cccs1)NC(=O)c1ccc(C)cc1. The molecule has 1 atom stereocenters. The first-order valence-electron chi connectivity index (χ1n) is 7.93. The first-order chi connectivity index (χ1) is 11.5. The van der Waals surface area contributed by atoms with Crippen LogP contribution in [-0.4, -0.2) is 17.9 Å². The summed E-state index contributed by atoms with van der Waals surface area (Å²) in [6.45, 7) is 5.89. The molecule has 0 saturated heterocycles. The van der Waals surface area contributed by atoms with E-state index in [-0.39, 0.29) is 23.6 Å². The van der Waals surface area contributed by atoms with Gasteiger partial charge in [0.05, 0.1) is 0 Å². The number of rotatable bonds is 6. The molecule has 24 heavy (non-hydrogen) atoms. The van der Waals surface area contributed by atoms with Crippen LogP contribution in [0.1, 0.15) is 41.1 Å². The van der Waals surface area contributed by atoms with Gasteiger partial charge in [-0.05, 0) is 49.9 Å². The van der Waals surface area contributed by atoms with Gasteiger partial charge < -0.3 is 10.6 Å². The van der Waals surface area contributed by atoms with E-state index in [4.69, 9.17) is 0 Å². The summed E-state index contributed by atoms with van der Waals surface area (Å²) in [7, 11) is 0. The second kappa shape index (κ2) is 8.45. The first-order valence-corrected chi connectivity index (χ1v) is 8.81. The first kappa shape index (κ1) is 17.9. The van der Waals surface area contributed by atoms with Crippen molar-refractivity contribution in [1.82, 2.24) is 10.6 Å². The van der Waals surface area contributed by atoms with Gasteiger partial charge in [0.25, 0.3) is 11.8 Å². The lowest BCUT2D eigenvalue weighted by Crippen LogP contribution is -2.38. The summed E-state index contributed by atoms with van der Waals surface area (Å²) >= 11 is 1.51. The number of carbonyl (C=O) groups is 2. The van der Waals surface area contributed by atoms with Gasteiger partial charge in [-0.25, -0.2) is 0 Å². The number of hydrogen-bond acceptors (Lipinski definition) is 3. The lowest BCUT2D eigenvalue weighted by atomic mass is 10.1. The highest BCUT2D eigenvalue weighted by Gasteiger charge is 2.16. The van der Waals surface area contributed by atoms with Crippen LogP contribution in [0.2, 0.25) is 0 Å². The lowest BCUT2D eigenvalue weighted by Gasteiger charge is -2.14. The van der Waals surface area contributed by atoms with Crippen LogP contribution in [0.15, 0.2) is 47.5 Å². The molecule has 5 heteroatoms. The number of aryl methyl sites for hydroxylation is 1. The maximum atomic E-state index is 12.5. The van der Waals surface area contributed by atoms with Crippen LogP contribution in [0.25, 0.3) is 6.08 Å². The third-order valence-electron chi connectivity index (χ3n) is 3.63. The fourth-order valence-electron chi connectivity index (χ4n) is 1.98. The molecule has 2 rings (SSSR count). The summed E-state index contributed by atoms with van der Waals surface area (Å²) in [4.78, 5) is 25.8. The zero-order chi connectivity index (χ0) is 17.5. The summed E-state index contributed by atoms with van der Waals surface area (Å²) in [5.41, 5.74) is 1.85. The highest BCUT2D eigenvalue weighted by molar-refractivity contribution is 7.10. The minimum atomic E-state index is -0.294. The van der Waals surface area contributed by atoms with Gasteiger partial charge in [-0.2, -0.15) is 0 Å². The van der Waals surface area contributed by atoms with E-state index in [1.165, 1.54) is 11.3 Å². The van der Waals surface area contributed by atoms with Gasteiger partial charge in [-0.3, -0.25) is 9.59 Å².